The molecule has 7 aromatic rings. The summed E-state index contributed by atoms with van der Waals surface area (Å²) in [5.41, 5.74) is 4.60. The SMILES string of the molecule is Cc1nc(-n2c3ccccc3c3c4ccccc4ccc32)c2oc3ccccc3c2n1. The molecule has 0 radical (unpaired) electrons. The van der Waals surface area contributed by atoms with Crippen molar-refractivity contribution >= 4 is 54.6 Å². The molecule has 0 amide bonds. The highest BCUT2D eigenvalue weighted by Crippen LogP contribution is 2.39. The molecular weight excluding hydrogens is 382 g/mol. The van der Waals surface area contributed by atoms with Crippen LogP contribution in [0.15, 0.2) is 89.3 Å². The second kappa shape index (κ2) is 5.92. The summed E-state index contributed by atoms with van der Waals surface area (Å²) in [7, 11) is 0. The van der Waals surface area contributed by atoms with Gasteiger partial charge < -0.3 is 4.42 Å². The van der Waals surface area contributed by atoms with Crippen molar-refractivity contribution in [3.05, 3.63) is 90.8 Å². The Hall–Kier alpha value is -4.18. The zero-order valence-corrected chi connectivity index (χ0v) is 16.8. The zero-order chi connectivity index (χ0) is 20.5. The Morgan fingerprint density at radius 3 is 2.32 bits per heavy atom. The van der Waals surface area contributed by atoms with Gasteiger partial charge in [-0.3, -0.25) is 4.57 Å². The highest BCUT2D eigenvalue weighted by atomic mass is 16.3. The molecule has 0 saturated carbocycles. The van der Waals surface area contributed by atoms with Gasteiger partial charge in [0.2, 0.25) is 0 Å². The lowest BCUT2D eigenvalue weighted by molar-refractivity contribution is 0.661. The van der Waals surface area contributed by atoms with Gasteiger partial charge in [-0.2, -0.15) is 0 Å². The molecule has 0 saturated heterocycles. The summed E-state index contributed by atoms with van der Waals surface area (Å²) < 4.78 is 8.52. The molecule has 0 spiro atoms. The van der Waals surface area contributed by atoms with Crippen molar-refractivity contribution in [1.29, 1.82) is 0 Å². The van der Waals surface area contributed by atoms with Crippen LogP contribution < -0.4 is 0 Å². The first-order chi connectivity index (χ1) is 15.3. The molecule has 7 rings (SSSR count). The van der Waals surface area contributed by atoms with E-state index in [-0.39, 0.29) is 0 Å². The second-order valence-electron chi connectivity index (χ2n) is 7.90. The Bertz CT molecular complexity index is 1810. The van der Waals surface area contributed by atoms with Crippen molar-refractivity contribution < 1.29 is 4.42 Å². The van der Waals surface area contributed by atoms with Gasteiger partial charge in [0.15, 0.2) is 11.4 Å². The smallest absolute Gasteiger partial charge is 0.197 e. The van der Waals surface area contributed by atoms with Crippen molar-refractivity contribution in [3.8, 4) is 5.82 Å². The zero-order valence-electron chi connectivity index (χ0n) is 16.8. The molecule has 4 aromatic carbocycles. The quantitative estimate of drug-likeness (QED) is 0.300. The number of benzene rings is 4. The molecule has 0 fully saturated rings. The van der Waals surface area contributed by atoms with Crippen molar-refractivity contribution in [2.75, 3.05) is 0 Å². The van der Waals surface area contributed by atoms with E-state index in [2.05, 4.69) is 71.3 Å². The summed E-state index contributed by atoms with van der Waals surface area (Å²) >= 11 is 0. The van der Waals surface area contributed by atoms with E-state index in [0.717, 1.165) is 39.2 Å². The molecule has 4 heteroatoms. The van der Waals surface area contributed by atoms with Crippen molar-refractivity contribution in [2.24, 2.45) is 0 Å². The fourth-order valence-electron chi connectivity index (χ4n) is 4.80. The predicted molar refractivity (Wildman–Crippen MR) is 126 cm³/mol. The van der Waals surface area contributed by atoms with E-state index in [9.17, 15) is 0 Å². The van der Waals surface area contributed by atoms with Crippen molar-refractivity contribution in [1.82, 2.24) is 14.5 Å². The highest BCUT2D eigenvalue weighted by Gasteiger charge is 2.21. The predicted octanol–water partition coefficient (Wildman–Crippen LogP) is 6.93. The number of furan rings is 1. The number of aromatic nitrogens is 3. The summed E-state index contributed by atoms with van der Waals surface area (Å²) in [6, 6.07) is 29.4. The van der Waals surface area contributed by atoms with Crippen LogP contribution >= 0.6 is 0 Å². The first kappa shape index (κ1) is 16.6. The minimum absolute atomic E-state index is 0.711. The maximum Gasteiger partial charge on any atom is 0.197 e. The van der Waals surface area contributed by atoms with Crippen LogP contribution in [0, 0.1) is 6.92 Å². The minimum Gasteiger partial charge on any atom is -0.450 e. The number of nitrogens with zero attached hydrogens (tertiary/aromatic N) is 3. The normalized spacial score (nSPS) is 12.0. The van der Waals surface area contributed by atoms with E-state index in [1.165, 1.54) is 21.5 Å². The average molecular weight is 399 g/mol. The first-order valence-corrected chi connectivity index (χ1v) is 10.4. The summed E-state index contributed by atoms with van der Waals surface area (Å²) in [6.45, 7) is 1.94. The van der Waals surface area contributed by atoms with Gasteiger partial charge in [-0.15, -0.1) is 0 Å². The maximum atomic E-state index is 6.30. The summed E-state index contributed by atoms with van der Waals surface area (Å²) in [5.74, 6) is 1.50. The van der Waals surface area contributed by atoms with Crippen molar-refractivity contribution in [2.45, 2.75) is 6.92 Å². The van der Waals surface area contributed by atoms with Crippen molar-refractivity contribution in [3.63, 3.8) is 0 Å². The molecular formula is C27H17N3O. The molecule has 146 valence electrons. The van der Waals surface area contributed by atoms with E-state index in [0.29, 0.717) is 5.58 Å². The van der Waals surface area contributed by atoms with Crippen LogP contribution in [-0.4, -0.2) is 14.5 Å². The molecule has 31 heavy (non-hydrogen) atoms. The fraction of sp³-hybridized carbons (Fsp3) is 0.0370. The monoisotopic (exact) mass is 399 g/mol. The topological polar surface area (TPSA) is 43.9 Å². The lowest BCUT2D eigenvalue weighted by Crippen LogP contribution is -2.01. The third-order valence-electron chi connectivity index (χ3n) is 6.09. The molecule has 0 unspecified atom stereocenters. The van der Waals surface area contributed by atoms with Gasteiger partial charge in [0.25, 0.3) is 0 Å². The Morgan fingerprint density at radius 2 is 1.42 bits per heavy atom. The summed E-state index contributed by atoms with van der Waals surface area (Å²) in [6.07, 6.45) is 0. The van der Waals surface area contributed by atoms with E-state index in [1.54, 1.807) is 0 Å². The number of fused-ring (bicyclic) bond motifs is 8. The highest BCUT2D eigenvalue weighted by molar-refractivity contribution is 6.21. The van der Waals surface area contributed by atoms with Crippen LogP contribution in [0.4, 0.5) is 0 Å². The molecule has 0 bridgehead atoms. The molecule has 4 nitrogen and oxygen atoms in total. The van der Waals surface area contributed by atoms with Gasteiger partial charge >= 0.3 is 0 Å². The standard InChI is InChI=1S/C27H17N3O/c1-16-28-25-20-11-5-7-13-23(20)31-26(25)27(29-16)30-21-12-6-4-10-19(21)24-18-9-3-2-8-17(18)14-15-22(24)30/h2-15H,1H3. The molecule has 0 aliphatic heterocycles. The largest absolute Gasteiger partial charge is 0.450 e. The van der Waals surface area contributed by atoms with Gasteiger partial charge in [0.1, 0.15) is 16.9 Å². The fourth-order valence-corrected chi connectivity index (χ4v) is 4.80. The molecule has 3 aromatic heterocycles. The van der Waals surface area contributed by atoms with E-state index < -0.39 is 0 Å². The van der Waals surface area contributed by atoms with Crippen LogP contribution in [0.3, 0.4) is 0 Å². The molecule has 0 atom stereocenters. The Morgan fingerprint density at radius 1 is 0.677 bits per heavy atom. The van der Waals surface area contributed by atoms with Gasteiger partial charge in [0.05, 0.1) is 11.0 Å². The summed E-state index contributed by atoms with van der Waals surface area (Å²) in [5, 5.41) is 5.91. The summed E-state index contributed by atoms with van der Waals surface area (Å²) in [4.78, 5) is 9.60. The number of hydrogen-bond donors (Lipinski definition) is 0. The van der Waals surface area contributed by atoms with Gasteiger partial charge in [0, 0.05) is 16.2 Å². The first-order valence-electron chi connectivity index (χ1n) is 10.4. The third kappa shape index (κ3) is 2.19. The third-order valence-corrected chi connectivity index (χ3v) is 6.09. The number of aryl methyl sites for hydroxylation is 1. The Labute approximate surface area is 177 Å². The average Bonchev–Trinajstić information content (AvgIpc) is 3.35. The van der Waals surface area contributed by atoms with Crippen LogP contribution in [-0.2, 0) is 0 Å². The van der Waals surface area contributed by atoms with E-state index in [1.807, 2.05) is 25.1 Å². The van der Waals surface area contributed by atoms with Gasteiger partial charge in [-0.25, -0.2) is 9.97 Å². The number of hydrogen-bond acceptors (Lipinski definition) is 3. The lowest BCUT2D eigenvalue weighted by Gasteiger charge is -2.08. The Balaban J connectivity index is 1.73. The molecule has 3 heterocycles. The van der Waals surface area contributed by atoms with Crippen LogP contribution in [0.2, 0.25) is 0 Å². The molecule has 0 N–H and O–H groups in total. The lowest BCUT2D eigenvalue weighted by atomic mass is 10.0. The Kier molecular flexibility index (Phi) is 3.17. The molecule has 0 aliphatic rings. The van der Waals surface area contributed by atoms with Gasteiger partial charge in [-0.05, 0) is 42.0 Å². The second-order valence-corrected chi connectivity index (χ2v) is 7.90. The van der Waals surface area contributed by atoms with E-state index in [4.69, 9.17) is 14.4 Å². The maximum absolute atomic E-state index is 6.30. The van der Waals surface area contributed by atoms with E-state index >= 15 is 0 Å². The van der Waals surface area contributed by atoms with Crippen LogP contribution in [0.25, 0.3) is 60.5 Å². The minimum atomic E-state index is 0.711. The number of rotatable bonds is 1. The van der Waals surface area contributed by atoms with Crippen LogP contribution in [0.1, 0.15) is 5.82 Å². The van der Waals surface area contributed by atoms with Crippen LogP contribution in [0.5, 0.6) is 0 Å². The molecule has 0 aliphatic carbocycles. The number of para-hydroxylation sites is 2. The van der Waals surface area contributed by atoms with Gasteiger partial charge in [-0.1, -0.05) is 60.7 Å².